The summed E-state index contributed by atoms with van der Waals surface area (Å²) in [5, 5.41) is 5.63. The molecule has 0 bridgehead atoms. The highest BCUT2D eigenvalue weighted by Gasteiger charge is 2.32. The minimum Gasteiger partial charge on any atom is -0.497 e. The van der Waals surface area contributed by atoms with Gasteiger partial charge in [0.25, 0.3) is 11.8 Å². The molecule has 0 unspecified atom stereocenters. The van der Waals surface area contributed by atoms with Gasteiger partial charge in [-0.15, -0.1) is 22.7 Å². The van der Waals surface area contributed by atoms with Crippen LogP contribution >= 0.6 is 22.7 Å². The maximum absolute atomic E-state index is 14.1. The van der Waals surface area contributed by atoms with E-state index in [1.165, 1.54) is 34.8 Å². The summed E-state index contributed by atoms with van der Waals surface area (Å²) >= 11 is 2.87. The van der Waals surface area contributed by atoms with Crippen molar-refractivity contribution in [3.8, 4) is 26.8 Å². The molecule has 41 heavy (non-hydrogen) atoms. The molecule has 1 fully saturated rings. The summed E-state index contributed by atoms with van der Waals surface area (Å²) < 4.78 is 20.8. The molecule has 1 aliphatic heterocycles. The predicted molar refractivity (Wildman–Crippen MR) is 158 cm³/mol. The normalized spacial score (nSPS) is 15.3. The summed E-state index contributed by atoms with van der Waals surface area (Å²) in [6.45, 7) is 2.71. The molecule has 5 aromatic rings. The van der Waals surface area contributed by atoms with Gasteiger partial charge in [0.1, 0.15) is 28.0 Å². The Hall–Kier alpha value is -4.09. The number of aromatic nitrogens is 3. The summed E-state index contributed by atoms with van der Waals surface area (Å²) in [5.41, 5.74) is 3.10. The third-order valence-corrected chi connectivity index (χ3v) is 9.22. The summed E-state index contributed by atoms with van der Waals surface area (Å²) in [6.07, 6.45) is 4.44. The number of ether oxygens (including phenoxy) is 1. The highest BCUT2D eigenvalue weighted by Crippen LogP contribution is 2.37. The van der Waals surface area contributed by atoms with E-state index < -0.39 is 0 Å². The average Bonchev–Trinajstić information content (AvgIpc) is 3.71. The molecule has 2 aromatic carbocycles. The Morgan fingerprint density at radius 2 is 1.83 bits per heavy atom. The van der Waals surface area contributed by atoms with E-state index in [0.29, 0.717) is 40.1 Å². The highest BCUT2D eigenvalue weighted by molar-refractivity contribution is 7.18. The lowest BCUT2D eigenvalue weighted by Gasteiger charge is -2.35. The molecule has 8 nitrogen and oxygen atoms in total. The number of hydrogen-bond donors (Lipinski definition) is 1. The molecule has 0 aliphatic carbocycles. The van der Waals surface area contributed by atoms with Crippen molar-refractivity contribution in [2.24, 2.45) is 0 Å². The number of amides is 2. The fraction of sp³-hybridized carbons (Fsp3) is 0.267. The number of nitrogens with one attached hydrogen (secondary N) is 1. The zero-order valence-corrected chi connectivity index (χ0v) is 24.2. The number of aryl methyl sites for hydroxylation is 1. The second kappa shape index (κ2) is 11.4. The quantitative estimate of drug-likeness (QED) is 0.249. The van der Waals surface area contributed by atoms with Crippen LogP contribution in [-0.2, 0) is 0 Å². The molecule has 0 radical (unpaired) electrons. The van der Waals surface area contributed by atoms with E-state index in [1.54, 1.807) is 23.6 Å². The lowest BCUT2D eigenvalue weighted by Crippen LogP contribution is -2.49. The van der Waals surface area contributed by atoms with Crippen molar-refractivity contribution in [3.05, 3.63) is 83.0 Å². The summed E-state index contributed by atoms with van der Waals surface area (Å²) in [5.74, 6) is -0.0280. The predicted octanol–water partition coefficient (Wildman–Crippen LogP) is 6.07. The van der Waals surface area contributed by atoms with E-state index in [-0.39, 0.29) is 23.7 Å². The van der Waals surface area contributed by atoms with E-state index in [9.17, 15) is 14.0 Å². The van der Waals surface area contributed by atoms with Gasteiger partial charge in [-0.3, -0.25) is 14.0 Å². The fourth-order valence-corrected chi connectivity index (χ4v) is 7.02. The van der Waals surface area contributed by atoms with Crippen LogP contribution < -0.4 is 10.1 Å². The van der Waals surface area contributed by atoms with E-state index in [4.69, 9.17) is 9.72 Å². The molecule has 210 valence electrons. The molecule has 1 aliphatic rings. The number of carbonyl (C=O) groups excluding carboxylic acids is 2. The molecule has 1 N–H and O–H groups in total. The van der Waals surface area contributed by atoms with Crippen LogP contribution in [0.25, 0.3) is 26.0 Å². The Kier molecular flexibility index (Phi) is 7.55. The van der Waals surface area contributed by atoms with Crippen LogP contribution in [0.4, 0.5) is 4.39 Å². The van der Waals surface area contributed by atoms with Crippen LogP contribution in [-0.4, -0.2) is 57.3 Å². The Labute approximate surface area is 244 Å². The molecule has 1 saturated heterocycles. The maximum atomic E-state index is 14.1. The Bertz CT molecular complexity index is 1710. The first-order valence-electron chi connectivity index (χ1n) is 13.4. The largest absolute Gasteiger partial charge is 0.497 e. The maximum Gasteiger partial charge on any atom is 0.274 e. The number of methoxy groups -OCH3 is 1. The van der Waals surface area contributed by atoms with Crippen molar-refractivity contribution in [3.63, 3.8) is 0 Å². The molecule has 3 aromatic heterocycles. The van der Waals surface area contributed by atoms with E-state index in [2.05, 4.69) is 10.3 Å². The van der Waals surface area contributed by atoms with Gasteiger partial charge < -0.3 is 15.0 Å². The van der Waals surface area contributed by atoms with Gasteiger partial charge in [-0.1, -0.05) is 12.1 Å². The van der Waals surface area contributed by atoms with Crippen molar-refractivity contribution in [1.82, 2.24) is 24.6 Å². The van der Waals surface area contributed by atoms with Crippen LogP contribution in [0.5, 0.6) is 5.75 Å². The number of fused-ring (bicyclic) bond motifs is 1. The van der Waals surface area contributed by atoms with Crippen molar-refractivity contribution in [2.75, 3.05) is 20.2 Å². The third-order valence-electron chi connectivity index (χ3n) is 7.31. The molecule has 1 atom stereocenters. The van der Waals surface area contributed by atoms with Gasteiger partial charge in [-0.05, 0) is 68.1 Å². The number of imidazole rings is 1. The number of carbonyl (C=O) groups is 2. The first kappa shape index (κ1) is 27.1. The Balaban J connectivity index is 1.29. The monoisotopic (exact) mass is 589 g/mol. The second-order valence-corrected chi connectivity index (χ2v) is 11.8. The van der Waals surface area contributed by atoms with Gasteiger partial charge in [0, 0.05) is 36.3 Å². The van der Waals surface area contributed by atoms with Crippen LogP contribution in [0.15, 0.2) is 60.1 Å². The molecule has 0 spiro atoms. The van der Waals surface area contributed by atoms with Crippen molar-refractivity contribution >= 4 is 39.4 Å². The number of nitrogens with zero attached hydrogens (tertiary/aromatic N) is 4. The topological polar surface area (TPSA) is 88.8 Å². The van der Waals surface area contributed by atoms with E-state index in [1.807, 2.05) is 47.7 Å². The number of hydrogen-bond acceptors (Lipinski definition) is 7. The van der Waals surface area contributed by atoms with Gasteiger partial charge in [0.2, 0.25) is 0 Å². The van der Waals surface area contributed by atoms with Gasteiger partial charge in [-0.2, -0.15) is 0 Å². The van der Waals surface area contributed by atoms with Crippen LogP contribution in [0.1, 0.15) is 45.9 Å². The molecular weight excluding hydrogens is 561 g/mol. The van der Waals surface area contributed by atoms with Crippen molar-refractivity contribution in [2.45, 2.75) is 32.2 Å². The van der Waals surface area contributed by atoms with Gasteiger partial charge in [0.05, 0.1) is 17.7 Å². The number of likely N-dealkylation sites (tertiary alicyclic amines) is 1. The fourth-order valence-electron chi connectivity index (χ4n) is 5.20. The molecule has 2 amide bonds. The molecule has 0 saturated carbocycles. The minimum atomic E-state index is -0.346. The average molecular weight is 590 g/mol. The molecule has 6 rings (SSSR count). The summed E-state index contributed by atoms with van der Waals surface area (Å²) in [7, 11) is 1.61. The minimum absolute atomic E-state index is 0.182. The van der Waals surface area contributed by atoms with Crippen LogP contribution in [0.3, 0.4) is 0 Å². The van der Waals surface area contributed by atoms with E-state index >= 15 is 0 Å². The zero-order valence-electron chi connectivity index (χ0n) is 22.6. The number of benzene rings is 2. The summed E-state index contributed by atoms with van der Waals surface area (Å²) in [6, 6.07) is 13.5. The number of rotatable bonds is 7. The number of halogens is 1. The van der Waals surface area contributed by atoms with Gasteiger partial charge in [0.15, 0.2) is 4.96 Å². The molecular formula is C30H28FN5O3S2. The molecule has 11 heteroatoms. The second-order valence-electron chi connectivity index (χ2n) is 9.89. The lowest BCUT2D eigenvalue weighted by molar-refractivity contribution is 0.0598. The number of piperidine rings is 1. The first-order valence-corrected chi connectivity index (χ1v) is 15.0. The Morgan fingerprint density at radius 1 is 1.07 bits per heavy atom. The summed E-state index contributed by atoms with van der Waals surface area (Å²) in [4.78, 5) is 39.9. The third kappa shape index (κ3) is 5.34. The standard InChI is InChI=1S/C30H28FN5O3S2/c1-18-25(36-15-16-40-30(36)33-18)27(37)32-17-22-5-3-4-14-35(22)29(38)24-26(19-6-10-21(31)11-7-19)41-28(34-24)20-8-12-23(39-2)13-9-20/h6-13,15-16,22H,3-5,14,17H2,1-2H3,(H,32,37)/t22-/m0/s1. The van der Waals surface area contributed by atoms with Gasteiger partial charge >= 0.3 is 0 Å². The highest BCUT2D eigenvalue weighted by atomic mass is 32.1. The zero-order chi connectivity index (χ0) is 28.5. The van der Waals surface area contributed by atoms with Crippen LogP contribution in [0, 0.1) is 12.7 Å². The van der Waals surface area contributed by atoms with E-state index in [0.717, 1.165) is 41.1 Å². The molecule has 4 heterocycles. The van der Waals surface area contributed by atoms with Crippen LogP contribution in [0.2, 0.25) is 0 Å². The first-order chi connectivity index (χ1) is 19.9. The van der Waals surface area contributed by atoms with Crippen molar-refractivity contribution in [1.29, 1.82) is 0 Å². The van der Waals surface area contributed by atoms with Crippen molar-refractivity contribution < 1.29 is 18.7 Å². The SMILES string of the molecule is COc1ccc(-c2nc(C(=O)N3CCCC[C@H]3CNC(=O)c3c(C)nc4sccn34)c(-c3ccc(F)cc3)s2)cc1. The lowest BCUT2D eigenvalue weighted by atomic mass is 10.0. The number of thiazole rings is 2. The van der Waals surface area contributed by atoms with Gasteiger partial charge in [-0.25, -0.2) is 14.4 Å². The Morgan fingerprint density at radius 3 is 2.59 bits per heavy atom. The smallest absolute Gasteiger partial charge is 0.274 e.